The highest BCUT2D eigenvalue weighted by Gasteiger charge is 2.27. The summed E-state index contributed by atoms with van der Waals surface area (Å²) in [4.78, 5) is 29.5. The van der Waals surface area contributed by atoms with E-state index in [1.165, 1.54) is 5.56 Å². The summed E-state index contributed by atoms with van der Waals surface area (Å²) in [6.07, 6.45) is 6.15. The molecular weight excluding hydrogens is 294 g/mol. The molecule has 2 fully saturated rings. The molecule has 7 heteroatoms. The summed E-state index contributed by atoms with van der Waals surface area (Å²) in [5, 5.41) is 5.74. The first-order valence-electron chi connectivity index (χ1n) is 8.02. The van der Waals surface area contributed by atoms with Gasteiger partial charge in [-0.3, -0.25) is 19.4 Å². The van der Waals surface area contributed by atoms with E-state index in [4.69, 9.17) is 0 Å². The molecule has 2 aliphatic rings. The van der Waals surface area contributed by atoms with Crippen molar-refractivity contribution >= 4 is 23.4 Å². The van der Waals surface area contributed by atoms with Crippen molar-refractivity contribution < 1.29 is 9.59 Å². The molecule has 0 atom stereocenters. The highest BCUT2D eigenvalue weighted by atomic mass is 16.2. The number of rotatable bonds is 2. The third kappa shape index (κ3) is 2.46. The Hall–Kier alpha value is -2.41. The van der Waals surface area contributed by atoms with Crippen molar-refractivity contribution in [3.05, 3.63) is 30.1 Å². The molecule has 4 rings (SSSR count). The van der Waals surface area contributed by atoms with Crippen molar-refractivity contribution in [3.8, 4) is 0 Å². The average molecular weight is 313 g/mol. The highest BCUT2D eigenvalue weighted by molar-refractivity contribution is 6.05. The SMILES string of the molecule is O=C1CCN(c2cnc3c(C4CCNCC4)cccn23)C(=O)N1. The predicted octanol–water partition coefficient (Wildman–Crippen LogP) is 1.25. The number of pyridine rings is 1. The number of imidazole rings is 1. The summed E-state index contributed by atoms with van der Waals surface area (Å²) >= 11 is 0. The molecule has 4 heterocycles. The largest absolute Gasteiger partial charge is 0.329 e. The number of fused-ring (bicyclic) bond motifs is 1. The molecule has 0 saturated carbocycles. The Morgan fingerprint density at radius 1 is 1.22 bits per heavy atom. The molecule has 2 N–H and O–H groups in total. The van der Waals surface area contributed by atoms with E-state index < -0.39 is 0 Å². The Balaban J connectivity index is 1.72. The van der Waals surface area contributed by atoms with E-state index in [1.807, 2.05) is 16.7 Å². The molecular formula is C16H19N5O2. The second kappa shape index (κ2) is 5.66. The second-order valence-corrected chi connectivity index (χ2v) is 6.05. The van der Waals surface area contributed by atoms with Gasteiger partial charge in [0.2, 0.25) is 5.91 Å². The summed E-state index contributed by atoms with van der Waals surface area (Å²) in [6, 6.07) is 3.75. The molecule has 0 radical (unpaired) electrons. The van der Waals surface area contributed by atoms with Crippen LogP contribution in [0.25, 0.3) is 5.65 Å². The van der Waals surface area contributed by atoms with Crippen molar-refractivity contribution in [1.82, 2.24) is 20.0 Å². The minimum atomic E-state index is -0.379. The molecule has 0 aromatic carbocycles. The van der Waals surface area contributed by atoms with Crippen LogP contribution in [0.2, 0.25) is 0 Å². The van der Waals surface area contributed by atoms with Crippen LogP contribution in [0.5, 0.6) is 0 Å². The Labute approximate surface area is 133 Å². The number of hydrogen-bond acceptors (Lipinski definition) is 4. The summed E-state index contributed by atoms with van der Waals surface area (Å²) in [6.45, 7) is 2.43. The van der Waals surface area contributed by atoms with Crippen molar-refractivity contribution in [2.24, 2.45) is 0 Å². The first kappa shape index (κ1) is 14.2. The molecule has 2 aliphatic heterocycles. The van der Waals surface area contributed by atoms with E-state index in [-0.39, 0.29) is 11.9 Å². The zero-order valence-electron chi connectivity index (χ0n) is 12.8. The molecule has 2 aromatic rings. The Bertz CT molecular complexity index is 763. The van der Waals surface area contributed by atoms with Gasteiger partial charge in [-0.1, -0.05) is 6.07 Å². The Kier molecular flexibility index (Phi) is 3.49. The molecule has 120 valence electrons. The van der Waals surface area contributed by atoms with Crippen molar-refractivity contribution in [2.75, 3.05) is 24.5 Å². The lowest BCUT2D eigenvalue weighted by Crippen LogP contribution is -2.50. The van der Waals surface area contributed by atoms with Gasteiger partial charge < -0.3 is 5.32 Å². The minimum absolute atomic E-state index is 0.226. The van der Waals surface area contributed by atoms with E-state index in [2.05, 4.69) is 21.7 Å². The zero-order valence-corrected chi connectivity index (χ0v) is 12.8. The van der Waals surface area contributed by atoms with Crippen LogP contribution in [0.3, 0.4) is 0 Å². The van der Waals surface area contributed by atoms with Crippen LogP contribution >= 0.6 is 0 Å². The minimum Gasteiger partial charge on any atom is -0.317 e. The van der Waals surface area contributed by atoms with E-state index in [1.54, 1.807) is 11.1 Å². The van der Waals surface area contributed by atoms with Crippen LogP contribution in [0.4, 0.5) is 10.6 Å². The van der Waals surface area contributed by atoms with Gasteiger partial charge in [-0.05, 0) is 43.5 Å². The summed E-state index contributed by atoms with van der Waals surface area (Å²) in [5.41, 5.74) is 2.13. The quantitative estimate of drug-likeness (QED) is 0.874. The molecule has 3 amide bonds. The number of imide groups is 1. The van der Waals surface area contributed by atoms with Gasteiger partial charge in [0.15, 0.2) is 0 Å². The van der Waals surface area contributed by atoms with Gasteiger partial charge in [0.05, 0.1) is 6.20 Å². The maximum absolute atomic E-state index is 12.1. The molecule has 0 bridgehead atoms. The fourth-order valence-electron chi connectivity index (χ4n) is 3.45. The lowest BCUT2D eigenvalue weighted by molar-refractivity contribution is -0.120. The first-order valence-corrected chi connectivity index (χ1v) is 8.02. The second-order valence-electron chi connectivity index (χ2n) is 6.05. The number of nitrogens with one attached hydrogen (secondary N) is 2. The van der Waals surface area contributed by atoms with Crippen molar-refractivity contribution in [1.29, 1.82) is 0 Å². The van der Waals surface area contributed by atoms with Gasteiger partial charge in [0.25, 0.3) is 0 Å². The van der Waals surface area contributed by atoms with Crippen LogP contribution in [-0.4, -0.2) is 41.0 Å². The number of piperidine rings is 1. The fraction of sp³-hybridized carbons (Fsp3) is 0.438. The fourth-order valence-corrected chi connectivity index (χ4v) is 3.45. The standard InChI is InChI=1S/C16H19N5O2/c22-13-5-9-21(16(23)19-13)14-10-18-15-12(2-1-8-20(14)15)11-3-6-17-7-4-11/h1-2,8,10-11,17H,3-7,9H2,(H,19,22,23). The number of amides is 3. The molecule has 0 unspecified atom stereocenters. The Morgan fingerprint density at radius 2 is 2.04 bits per heavy atom. The average Bonchev–Trinajstić information content (AvgIpc) is 2.99. The third-order valence-corrected chi connectivity index (χ3v) is 4.66. The monoisotopic (exact) mass is 313 g/mol. The number of aromatic nitrogens is 2. The smallest absolute Gasteiger partial charge is 0.317 e. The lowest BCUT2D eigenvalue weighted by atomic mass is 9.91. The number of anilines is 1. The molecule has 2 saturated heterocycles. The molecule has 23 heavy (non-hydrogen) atoms. The zero-order chi connectivity index (χ0) is 15.8. The predicted molar refractivity (Wildman–Crippen MR) is 85.5 cm³/mol. The molecule has 0 spiro atoms. The first-order chi connectivity index (χ1) is 11.2. The van der Waals surface area contributed by atoms with E-state index in [9.17, 15) is 9.59 Å². The molecule has 2 aromatic heterocycles. The Morgan fingerprint density at radius 3 is 2.83 bits per heavy atom. The summed E-state index contributed by atoms with van der Waals surface area (Å²) in [7, 11) is 0. The van der Waals surface area contributed by atoms with Crippen molar-refractivity contribution in [2.45, 2.75) is 25.2 Å². The van der Waals surface area contributed by atoms with Crippen molar-refractivity contribution in [3.63, 3.8) is 0 Å². The van der Waals surface area contributed by atoms with Crippen LogP contribution in [0.1, 0.15) is 30.7 Å². The van der Waals surface area contributed by atoms with Gasteiger partial charge in [0.1, 0.15) is 11.5 Å². The number of carbonyl (C=O) groups is 2. The molecule has 0 aliphatic carbocycles. The topological polar surface area (TPSA) is 78.7 Å². The van der Waals surface area contributed by atoms with Crippen LogP contribution in [-0.2, 0) is 4.79 Å². The van der Waals surface area contributed by atoms with E-state index in [0.717, 1.165) is 31.6 Å². The lowest BCUT2D eigenvalue weighted by Gasteiger charge is -2.26. The van der Waals surface area contributed by atoms with Gasteiger partial charge >= 0.3 is 6.03 Å². The molecule has 7 nitrogen and oxygen atoms in total. The number of carbonyl (C=O) groups excluding carboxylic acids is 2. The normalized spacial score (nSPS) is 20.1. The highest BCUT2D eigenvalue weighted by Crippen LogP contribution is 2.30. The van der Waals surface area contributed by atoms with Crippen LogP contribution in [0.15, 0.2) is 24.5 Å². The number of urea groups is 1. The van der Waals surface area contributed by atoms with Crippen LogP contribution in [0, 0.1) is 0 Å². The van der Waals surface area contributed by atoms with Gasteiger partial charge in [-0.2, -0.15) is 0 Å². The van der Waals surface area contributed by atoms with Crippen LogP contribution < -0.4 is 15.5 Å². The third-order valence-electron chi connectivity index (χ3n) is 4.66. The summed E-state index contributed by atoms with van der Waals surface area (Å²) in [5.74, 6) is 0.975. The number of nitrogens with zero attached hydrogens (tertiary/aromatic N) is 3. The van der Waals surface area contributed by atoms with E-state index >= 15 is 0 Å². The van der Waals surface area contributed by atoms with Gasteiger partial charge in [-0.25, -0.2) is 9.78 Å². The van der Waals surface area contributed by atoms with Gasteiger partial charge in [-0.15, -0.1) is 0 Å². The van der Waals surface area contributed by atoms with E-state index in [0.29, 0.717) is 24.7 Å². The van der Waals surface area contributed by atoms with Gasteiger partial charge in [0, 0.05) is 19.2 Å². The summed E-state index contributed by atoms with van der Waals surface area (Å²) < 4.78 is 1.95. The number of hydrogen-bond donors (Lipinski definition) is 2. The maximum atomic E-state index is 12.1. The maximum Gasteiger partial charge on any atom is 0.329 e.